The van der Waals surface area contributed by atoms with Crippen LogP contribution in [0.15, 0.2) is 88.7 Å². The zero-order chi connectivity index (χ0) is 28.7. The molecule has 41 heavy (non-hydrogen) atoms. The number of pyridine rings is 1. The molecule has 1 aliphatic heterocycles. The number of aryl methyl sites for hydroxylation is 1. The van der Waals surface area contributed by atoms with Crippen molar-refractivity contribution in [2.75, 3.05) is 11.5 Å². The van der Waals surface area contributed by atoms with Crippen molar-refractivity contribution in [2.24, 2.45) is 0 Å². The number of hydrogen-bond acceptors (Lipinski definition) is 7. The number of imide groups is 1. The normalized spacial score (nSPS) is 12.6. The fraction of sp³-hybridized carbons (Fsp3) is 0.0938. The van der Waals surface area contributed by atoms with E-state index >= 15 is 0 Å². The molecule has 2 amide bonds. The maximum Gasteiger partial charge on any atom is 0.339 e. The van der Waals surface area contributed by atoms with Gasteiger partial charge >= 0.3 is 5.97 Å². The number of esters is 1. The number of benzene rings is 3. The number of thiophene rings is 1. The van der Waals surface area contributed by atoms with Crippen LogP contribution >= 0.6 is 27.3 Å². The predicted octanol–water partition coefficient (Wildman–Crippen LogP) is 7.13. The minimum Gasteiger partial charge on any atom is -0.454 e. The van der Waals surface area contributed by atoms with Gasteiger partial charge < -0.3 is 4.74 Å². The lowest BCUT2D eigenvalue weighted by molar-refractivity contribution is 0.0477. The van der Waals surface area contributed by atoms with Gasteiger partial charge in [-0.1, -0.05) is 53.2 Å². The number of ketones is 1. The molecule has 7 nitrogen and oxygen atoms in total. The van der Waals surface area contributed by atoms with Gasteiger partial charge in [-0.25, -0.2) is 14.7 Å². The van der Waals surface area contributed by atoms with Gasteiger partial charge in [-0.3, -0.25) is 14.4 Å². The average molecular weight is 626 g/mol. The van der Waals surface area contributed by atoms with Gasteiger partial charge in [0.15, 0.2) is 6.61 Å². The van der Waals surface area contributed by atoms with Gasteiger partial charge in [-0.2, -0.15) is 0 Å². The van der Waals surface area contributed by atoms with E-state index in [0.29, 0.717) is 50.3 Å². The second-order valence-corrected chi connectivity index (χ2v) is 11.2. The quantitative estimate of drug-likeness (QED) is 0.109. The number of hydrogen-bond donors (Lipinski definition) is 0. The molecule has 3 aromatic carbocycles. The molecule has 0 N–H and O–H groups in total. The number of aromatic nitrogens is 1. The number of Topliss-reactive ketones (excluding diaryl/α,β-unsaturated/α-hetero) is 1. The van der Waals surface area contributed by atoms with Gasteiger partial charge in [0.1, 0.15) is 0 Å². The van der Waals surface area contributed by atoms with E-state index in [1.165, 1.54) is 11.3 Å². The van der Waals surface area contributed by atoms with E-state index in [-0.39, 0.29) is 29.8 Å². The highest BCUT2D eigenvalue weighted by Crippen LogP contribution is 2.33. The number of carbonyl (C=O) groups is 4. The third-order valence-electron chi connectivity index (χ3n) is 6.90. The average Bonchev–Trinajstić information content (AvgIpc) is 3.62. The zero-order valence-corrected chi connectivity index (χ0v) is 24.1. The lowest BCUT2D eigenvalue weighted by Gasteiger charge is -2.15. The number of rotatable bonds is 7. The van der Waals surface area contributed by atoms with Crippen molar-refractivity contribution in [2.45, 2.75) is 13.3 Å². The lowest BCUT2D eigenvalue weighted by atomic mass is 10.0. The van der Waals surface area contributed by atoms with E-state index in [4.69, 9.17) is 9.72 Å². The Labute approximate surface area is 247 Å². The Morgan fingerprint density at radius 3 is 2.27 bits per heavy atom. The SMILES string of the molecule is CCc1cc(Br)cc2c(C(=O)OCC(=O)c3cccs3)cc(-c3ccc(N4C(=O)c5ccccc5C4=O)cc3)nc12. The first kappa shape index (κ1) is 26.7. The molecule has 0 bridgehead atoms. The number of nitrogens with zero attached hydrogens (tertiary/aromatic N) is 2. The summed E-state index contributed by atoms with van der Waals surface area (Å²) in [5.74, 6) is -1.65. The van der Waals surface area contributed by atoms with E-state index in [1.54, 1.807) is 72.1 Å². The van der Waals surface area contributed by atoms with Crippen LogP contribution < -0.4 is 4.90 Å². The smallest absolute Gasteiger partial charge is 0.339 e. The minimum atomic E-state index is -0.633. The number of halogens is 1. The highest BCUT2D eigenvalue weighted by Gasteiger charge is 2.36. The van der Waals surface area contributed by atoms with Crippen molar-refractivity contribution in [3.05, 3.63) is 116 Å². The molecule has 9 heteroatoms. The number of carbonyl (C=O) groups excluding carboxylic acids is 4. The summed E-state index contributed by atoms with van der Waals surface area (Å²) in [6.07, 6.45) is 0.677. The van der Waals surface area contributed by atoms with Crippen molar-refractivity contribution in [3.8, 4) is 11.3 Å². The fourth-order valence-corrected chi connectivity index (χ4v) is 6.03. The van der Waals surface area contributed by atoms with Crippen LogP contribution in [0.3, 0.4) is 0 Å². The van der Waals surface area contributed by atoms with E-state index in [1.807, 2.05) is 19.1 Å². The van der Waals surface area contributed by atoms with Gasteiger partial charge in [0.25, 0.3) is 11.8 Å². The van der Waals surface area contributed by atoms with E-state index < -0.39 is 5.97 Å². The predicted molar refractivity (Wildman–Crippen MR) is 161 cm³/mol. The Kier molecular flexibility index (Phi) is 7.07. The number of amides is 2. The second-order valence-electron chi connectivity index (χ2n) is 9.38. The first-order chi connectivity index (χ1) is 19.9. The third-order valence-corrected chi connectivity index (χ3v) is 8.27. The maximum atomic E-state index is 13.3. The summed E-state index contributed by atoms with van der Waals surface area (Å²) in [4.78, 5) is 58.2. The molecule has 6 rings (SSSR count). The number of ether oxygens (including phenoxy) is 1. The molecule has 0 saturated carbocycles. The zero-order valence-electron chi connectivity index (χ0n) is 21.7. The van der Waals surface area contributed by atoms with Crippen LogP contribution in [-0.2, 0) is 11.2 Å². The highest BCUT2D eigenvalue weighted by atomic mass is 79.9. The summed E-state index contributed by atoms with van der Waals surface area (Å²) in [7, 11) is 0. The molecule has 5 aromatic rings. The van der Waals surface area contributed by atoms with E-state index in [2.05, 4.69) is 15.9 Å². The monoisotopic (exact) mass is 624 g/mol. The van der Waals surface area contributed by atoms with E-state index in [9.17, 15) is 19.2 Å². The molecular formula is C32H21BrN2O5S. The molecule has 0 aliphatic carbocycles. The summed E-state index contributed by atoms with van der Waals surface area (Å²) >= 11 is 4.82. The summed E-state index contributed by atoms with van der Waals surface area (Å²) in [6.45, 7) is 1.63. The molecule has 0 fully saturated rings. The Morgan fingerprint density at radius 2 is 1.63 bits per heavy atom. The topological polar surface area (TPSA) is 93.6 Å². The summed E-state index contributed by atoms with van der Waals surface area (Å²) in [6, 6.07) is 22.5. The van der Waals surface area contributed by atoms with Gasteiger partial charge in [0, 0.05) is 15.4 Å². The largest absolute Gasteiger partial charge is 0.454 e. The van der Waals surface area contributed by atoms with Crippen molar-refractivity contribution >= 4 is 67.4 Å². The molecular weight excluding hydrogens is 604 g/mol. The Bertz CT molecular complexity index is 1830. The van der Waals surface area contributed by atoms with Gasteiger partial charge in [0.2, 0.25) is 5.78 Å². The van der Waals surface area contributed by atoms with Gasteiger partial charge in [-0.05, 0) is 65.9 Å². The summed E-state index contributed by atoms with van der Waals surface area (Å²) in [5.41, 5.74) is 4.24. The molecule has 0 unspecified atom stereocenters. The fourth-order valence-electron chi connectivity index (χ4n) is 4.87. The van der Waals surface area contributed by atoms with Crippen LogP contribution in [0.25, 0.3) is 22.2 Å². The Hall–Kier alpha value is -4.47. The lowest BCUT2D eigenvalue weighted by Crippen LogP contribution is -2.29. The standard InChI is InChI=1S/C32H21BrN2O5S/c1-2-18-14-20(33)15-24-25(32(39)40-17-27(36)28-8-5-13-41-28)16-26(34-29(18)24)19-9-11-21(12-10-19)35-30(37)22-6-3-4-7-23(22)31(35)38/h3-16H,2,17H2,1H3. The van der Waals surface area contributed by atoms with Crippen molar-refractivity contribution in [3.63, 3.8) is 0 Å². The van der Waals surface area contributed by atoms with Crippen molar-refractivity contribution in [1.29, 1.82) is 0 Å². The highest BCUT2D eigenvalue weighted by molar-refractivity contribution is 9.10. The molecule has 0 spiro atoms. The first-order valence-corrected chi connectivity index (χ1v) is 14.5. The van der Waals surface area contributed by atoms with Crippen LogP contribution in [0.4, 0.5) is 5.69 Å². The van der Waals surface area contributed by atoms with Gasteiger partial charge in [-0.15, -0.1) is 11.3 Å². The van der Waals surface area contributed by atoms with Crippen LogP contribution in [0, 0.1) is 0 Å². The second kappa shape index (κ2) is 10.8. The summed E-state index contributed by atoms with van der Waals surface area (Å²) < 4.78 is 6.26. The third kappa shape index (κ3) is 4.87. The molecule has 3 heterocycles. The van der Waals surface area contributed by atoms with Crippen molar-refractivity contribution < 1.29 is 23.9 Å². The van der Waals surface area contributed by atoms with Crippen LogP contribution in [0.2, 0.25) is 0 Å². The molecule has 0 saturated heterocycles. The summed E-state index contributed by atoms with van der Waals surface area (Å²) in [5, 5.41) is 2.40. The maximum absolute atomic E-state index is 13.3. The first-order valence-electron chi connectivity index (χ1n) is 12.8. The molecule has 0 atom stereocenters. The molecule has 202 valence electrons. The molecule has 0 radical (unpaired) electrons. The van der Waals surface area contributed by atoms with Crippen molar-refractivity contribution in [1.82, 2.24) is 4.98 Å². The van der Waals surface area contributed by atoms with Gasteiger partial charge in [0.05, 0.1) is 38.5 Å². The Balaban J connectivity index is 1.36. The van der Waals surface area contributed by atoms with E-state index in [0.717, 1.165) is 14.9 Å². The van der Waals surface area contributed by atoms with Crippen LogP contribution in [0.1, 0.15) is 53.2 Å². The number of fused-ring (bicyclic) bond motifs is 2. The van der Waals surface area contributed by atoms with Crippen LogP contribution in [-0.4, -0.2) is 35.2 Å². The Morgan fingerprint density at radius 1 is 0.927 bits per heavy atom. The molecule has 2 aromatic heterocycles. The van der Waals surface area contributed by atoms with Crippen LogP contribution in [0.5, 0.6) is 0 Å². The minimum absolute atomic E-state index is 0.272. The number of anilines is 1. The molecule has 1 aliphatic rings.